The molecule has 18 heavy (non-hydrogen) atoms. The van der Waals surface area contributed by atoms with Crippen LogP contribution in [0.25, 0.3) is 0 Å². The Labute approximate surface area is 109 Å². The summed E-state index contributed by atoms with van der Waals surface area (Å²) in [5.74, 6) is 0. The van der Waals surface area contributed by atoms with E-state index in [4.69, 9.17) is 0 Å². The number of hydrogen-bond donors (Lipinski definition) is 2. The van der Waals surface area contributed by atoms with E-state index in [2.05, 4.69) is 79.9 Å². The number of rotatable bonds is 4. The Kier molecular flexibility index (Phi) is 3.88. The Balaban J connectivity index is 2.04. The number of benzene rings is 2. The van der Waals surface area contributed by atoms with Crippen LogP contribution in [0.5, 0.6) is 0 Å². The van der Waals surface area contributed by atoms with Crippen molar-refractivity contribution in [3.05, 3.63) is 54.1 Å². The van der Waals surface area contributed by atoms with Crippen LogP contribution in [0.1, 0.15) is 19.4 Å². The summed E-state index contributed by atoms with van der Waals surface area (Å²) in [6.45, 7) is 6.37. The lowest BCUT2D eigenvalue weighted by Crippen LogP contribution is -2.09. The lowest BCUT2D eigenvalue weighted by atomic mass is 10.2. The molecule has 2 nitrogen and oxygen atoms in total. The molecule has 94 valence electrons. The molecule has 2 aromatic rings. The Morgan fingerprint density at radius 2 is 1.17 bits per heavy atom. The van der Waals surface area contributed by atoms with Crippen molar-refractivity contribution >= 4 is 17.1 Å². The highest BCUT2D eigenvalue weighted by Gasteiger charge is 1.97. The SMILES string of the molecule is Cc1ccc(Nc2ccc(NC(C)C)cc2)cc1. The Bertz CT molecular complexity index is 484. The van der Waals surface area contributed by atoms with Gasteiger partial charge in [0.15, 0.2) is 0 Å². The van der Waals surface area contributed by atoms with Gasteiger partial charge in [0.05, 0.1) is 0 Å². The van der Waals surface area contributed by atoms with Crippen LogP contribution in [0.15, 0.2) is 48.5 Å². The quantitative estimate of drug-likeness (QED) is 0.818. The topological polar surface area (TPSA) is 24.1 Å². The van der Waals surface area contributed by atoms with Crippen molar-refractivity contribution < 1.29 is 0 Å². The van der Waals surface area contributed by atoms with Crippen molar-refractivity contribution in [2.75, 3.05) is 10.6 Å². The fraction of sp³-hybridized carbons (Fsp3) is 0.250. The molecule has 0 saturated carbocycles. The number of nitrogens with one attached hydrogen (secondary N) is 2. The smallest absolute Gasteiger partial charge is 0.0385 e. The van der Waals surface area contributed by atoms with E-state index in [1.54, 1.807) is 0 Å². The van der Waals surface area contributed by atoms with Crippen molar-refractivity contribution in [1.82, 2.24) is 0 Å². The largest absolute Gasteiger partial charge is 0.383 e. The molecule has 0 atom stereocenters. The van der Waals surface area contributed by atoms with Crippen LogP contribution in [0.4, 0.5) is 17.1 Å². The van der Waals surface area contributed by atoms with Gasteiger partial charge in [0.2, 0.25) is 0 Å². The molecule has 0 fully saturated rings. The molecule has 0 aliphatic rings. The van der Waals surface area contributed by atoms with Gasteiger partial charge >= 0.3 is 0 Å². The molecule has 0 amide bonds. The first kappa shape index (κ1) is 12.5. The zero-order chi connectivity index (χ0) is 13.0. The maximum absolute atomic E-state index is 3.38. The second-order valence-corrected chi connectivity index (χ2v) is 4.87. The highest BCUT2D eigenvalue weighted by molar-refractivity contribution is 5.62. The first-order valence-corrected chi connectivity index (χ1v) is 6.34. The second kappa shape index (κ2) is 5.58. The van der Waals surface area contributed by atoms with Gasteiger partial charge < -0.3 is 10.6 Å². The third-order valence-electron chi connectivity index (χ3n) is 2.68. The van der Waals surface area contributed by atoms with E-state index < -0.39 is 0 Å². The lowest BCUT2D eigenvalue weighted by Gasteiger charge is -2.11. The third-order valence-corrected chi connectivity index (χ3v) is 2.68. The van der Waals surface area contributed by atoms with E-state index in [1.807, 2.05) is 0 Å². The van der Waals surface area contributed by atoms with Gasteiger partial charge in [0, 0.05) is 23.1 Å². The van der Waals surface area contributed by atoms with Crippen molar-refractivity contribution in [3.8, 4) is 0 Å². The van der Waals surface area contributed by atoms with Gasteiger partial charge in [0.1, 0.15) is 0 Å². The first-order chi connectivity index (χ1) is 8.63. The van der Waals surface area contributed by atoms with Crippen LogP contribution in [-0.4, -0.2) is 6.04 Å². The zero-order valence-corrected chi connectivity index (χ0v) is 11.2. The van der Waals surface area contributed by atoms with Gasteiger partial charge in [-0.05, 0) is 57.2 Å². The molecule has 0 aromatic heterocycles. The zero-order valence-electron chi connectivity index (χ0n) is 11.2. The Morgan fingerprint density at radius 3 is 1.67 bits per heavy atom. The summed E-state index contributed by atoms with van der Waals surface area (Å²) in [4.78, 5) is 0. The molecule has 2 N–H and O–H groups in total. The van der Waals surface area contributed by atoms with Gasteiger partial charge in [-0.2, -0.15) is 0 Å². The van der Waals surface area contributed by atoms with E-state index in [0.29, 0.717) is 6.04 Å². The summed E-state index contributed by atoms with van der Waals surface area (Å²) >= 11 is 0. The molecular weight excluding hydrogens is 220 g/mol. The molecular formula is C16H20N2. The molecule has 0 aliphatic heterocycles. The summed E-state index contributed by atoms with van der Waals surface area (Å²) in [5.41, 5.74) is 4.65. The fourth-order valence-electron chi connectivity index (χ4n) is 1.79. The Hall–Kier alpha value is -1.96. The van der Waals surface area contributed by atoms with Crippen LogP contribution in [-0.2, 0) is 0 Å². The molecule has 2 rings (SSSR count). The van der Waals surface area contributed by atoms with Crippen LogP contribution >= 0.6 is 0 Å². The fourth-order valence-corrected chi connectivity index (χ4v) is 1.79. The van der Waals surface area contributed by atoms with Gasteiger partial charge in [-0.1, -0.05) is 17.7 Å². The minimum atomic E-state index is 0.459. The maximum atomic E-state index is 3.38. The highest BCUT2D eigenvalue weighted by atomic mass is 14.9. The van der Waals surface area contributed by atoms with E-state index in [1.165, 1.54) is 5.56 Å². The normalized spacial score (nSPS) is 10.4. The Morgan fingerprint density at radius 1 is 0.722 bits per heavy atom. The van der Waals surface area contributed by atoms with Crippen LogP contribution in [0.2, 0.25) is 0 Å². The summed E-state index contributed by atoms with van der Waals surface area (Å²) in [6.07, 6.45) is 0. The highest BCUT2D eigenvalue weighted by Crippen LogP contribution is 2.19. The molecule has 0 heterocycles. The third kappa shape index (κ3) is 3.52. The van der Waals surface area contributed by atoms with Gasteiger partial charge in [-0.25, -0.2) is 0 Å². The minimum Gasteiger partial charge on any atom is -0.383 e. The van der Waals surface area contributed by atoms with Crippen molar-refractivity contribution in [3.63, 3.8) is 0 Å². The lowest BCUT2D eigenvalue weighted by molar-refractivity contribution is 0.900. The monoisotopic (exact) mass is 240 g/mol. The molecule has 0 radical (unpaired) electrons. The van der Waals surface area contributed by atoms with Crippen molar-refractivity contribution in [2.45, 2.75) is 26.8 Å². The van der Waals surface area contributed by atoms with Crippen molar-refractivity contribution in [2.24, 2.45) is 0 Å². The average Bonchev–Trinajstić information content (AvgIpc) is 2.34. The van der Waals surface area contributed by atoms with E-state index in [9.17, 15) is 0 Å². The molecule has 2 heteroatoms. The summed E-state index contributed by atoms with van der Waals surface area (Å²) in [6, 6.07) is 17.2. The molecule has 0 unspecified atom stereocenters. The predicted molar refractivity (Wildman–Crippen MR) is 79.7 cm³/mol. The molecule has 0 saturated heterocycles. The second-order valence-electron chi connectivity index (χ2n) is 4.87. The van der Waals surface area contributed by atoms with Crippen molar-refractivity contribution in [1.29, 1.82) is 0 Å². The average molecular weight is 240 g/mol. The standard InChI is InChI=1S/C16H20N2/c1-12(2)17-14-8-10-16(11-9-14)18-15-6-4-13(3)5-7-15/h4-12,17-18H,1-3H3. The molecule has 0 bridgehead atoms. The summed E-state index contributed by atoms with van der Waals surface area (Å²) in [5, 5.41) is 6.76. The van der Waals surface area contributed by atoms with Gasteiger partial charge in [0.25, 0.3) is 0 Å². The molecule has 0 aliphatic carbocycles. The molecule has 0 spiro atoms. The number of anilines is 3. The maximum Gasteiger partial charge on any atom is 0.0385 e. The van der Waals surface area contributed by atoms with Crippen LogP contribution in [0, 0.1) is 6.92 Å². The first-order valence-electron chi connectivity index (χ1n) is 6.34. The van der Waals surface area contributed by atoms with Gasteiger partial charge in [-0.15, -0.1) is 0 Å². The summed E-state index contributed by atoms with van der Waals surface area (Å²) < 4.78 is 0. The summed E-state index contributed by atoms with van der Waals surface area (Å²) in [7, 11) is 0. The number of aryl methyl sites for hydroxylation is 1. The van der Waals surface area contributed by atoms with E-state index >= 15 is 0 Å². The van der Waals surface area contributed by atoms with E-state index in [-0.39, 0.29) is 0 Å². The van der Waals surface area contributed by atoms with Gasteiger partial charge in [-0.3, -0.25) is 0 Å². The minimum absolute atomic E-state index is 0.459. The predicted octanol–water partition coefficient (Wildman–Crippen LogP) is 4.56. The van der Waals surface area contributed by atoms with Crippen LogP contribution in [0.3, 0.4) is 0 Å². The van der Waals surface area contributed by atoms with E-state index in [0.717, 1.165) is 17.1 Å². The molecule has 2 aromatic carbocycles. The van der Waals surface area contributed by atoms with Crippen LogP contribution < -0.4 is 10.6 Å². The number of hydrogen-bond acceptors (Lipinski definition) is 2.